The number of halogens is 1. The third kappa shape index (κ3) is 9.78. The number of fused-ring (bicyclic) bond motifs is 1. The second-order valence-electron chi connectivity index (χ2n) is 13.8. The highest BCUT2D eigenvalue weighted by atomic mass is 32.2. The number of ether oxygens (including phenoxy) is 5. The van der Waals surface area contributed by atoms with Crippen LogP contribution in [0.3, 0.4) is 0 Å². The summed E-state index contributed by atoms with van der Waals surface area (Å²) in [6.45, 7) is 10.0. The van der Waals surface area contributed by atoms with Crippen molar-refractivity contribution in [3.8, 4) is 0 Å². The number of Topliss-reactive ketones (excluding diaryl/α,β-unsaturated/α-hetero) is 1. The van der Waals surface area contributed by atoms with E-state index >= 15 is 0 Å². The van der Waals surface area contributed by atoms with Gasteiger partial charge in [0.15, 0.2) is 27.3 Å². The van der Waals surface area contributed by atoms with Gasteiger partial charge in [0.25, 0.3) is 0 Å². The summed E-state index contributed by atoms with van der Waals surface area (Å²) in [7, 11) is -3.37. The number of benzene rings is 2. The molecule has 2 aliphatic rings. The maximum atomic E-state index is 14.9. The zero-order valence-electron chi connectivity index (χ0n) is 31.6. The molecule has 0 bridgehead atoms. The molecule has 1 aliphatic heterocycles. The van der Waals surface area contributed by atoms with E-state index in [0.29, 0.717) is 42.1 Å². The zero-order chi connectivity index (χ0) is 37.9. The van der Waals surface area contributed by atoms with Gasteiger partial charge in [-0.05, 0) is 85.7 Å². The number of rotatable bonds is 21. The van der Waals surface area contributed by atoms with Crippen LogP contribution in [0.15, 0.2) is 52.9 Å². The number of aliphatic hydroxyl groups excluding tert-OH is 1. The lowest BCUT2D eigenvalue weighted by molar-refractivity contribution is -0.333. The molecule has 4 rings (SSSR count). The van der Waals surface area contributed by atoms with Crippen LogP contribution in [0.1, 0.15) is 109 Å². The number of hydrogen-bond donors (Lipinski definition) is 1. The van der Waals surface area contributed by atoms with Gasteiger partial charge in [0.2, 0.25) is 6.29 Å². The molecule has 1 aliphatic carbocycles. The Morgan fingerprint density at radius 1 is 0.885 bits per heavy atom. The van der Waals surface area contributed by atoms with E-state index in [9.17, 15) is 22.7 Å². The highest BCUT2D eigenvalue weighted by molar-refractivity contribution is 7.90. The maximum Gasteiger partial charge on any atom is 0.230 e. The maximum absolute atomic E-state index is 14.9. The van der Waals surface area contributed by atoms with E-state index in [1.165, 1.54) is 19.1 Å². The van der Waals surface area contributed by atoms with Crippen LogP contribution >= 0.6 is 0 Å². The number of unbranched alkanes of at least 4 members (excludes halogenated alkanes) is 6. The second-order valence-corrected chi connectivity index (χ2v) is 15.8. The summed E-state index contributed by atoms with van der Waals surface area (Å²) in [5, 5.41) is 10.7. The minimum absolute atomic E-state index is 0.205. The summed E-state index contributed by atoms with van der Waals surface area (Å²) in [5.41, 5.74) is 1.70. The van der Waals surface area contributed by atoms with Crippen molar-refractivity contribution in [2.24, 2.45) is 0 Å². The van der Waals surface area contributed by atoms with Gasteiger partial charge in [0, 0.05) is 31.6 Å². The Bertz CT molecular complexity index is 1650. The number of ketones is 1. The quantitative estimate of drug-likeness (QED) is 0.127. The predicted octanol–water partition coefficient (Wildman–Crippen LogP) is 7.93. The molecular weight excluding hydrogens is 688 g/mol. The van der Waals surface area contributed by atoms with Gasteiger partial charge in [-0.2, -0.15) is 0 Å². The van der Waals surface area contributed by atoms with Gasteiger partial charge in [-0.15, -0.1) is 0 Å². The van der Waals surface area contributed by atoms with Crippen LogP contribution in [0, 0.1) is 5.82 Å². The average molecular weight is 745 g/mol. The molecule has 1 saturated heterocycles. The molecule has 0 saturated carbocycles. The van der Waals surface area contributed by atoms with Crippen LogP contribution in [0.4, 0.5) is 4.39 Å². The fourth-order valence-electron chi connectivity index (χ4n) is 6.90. The Hall–Kier alpha value is -2.93. The Morgan fingerprint density at radius 3 is 2.04 bits per heavy atom. The molecule has 0 amide bonds. The Morgan fingerprint density at radius 2 is 1.48 bits per heavy atom. The van der Waals surface area contributed by atoms with Crippen molar-refractivity contribution in [2.75, 3.05) is 32.7 Å². The summed E-state index contributed by atoms with van der Waals surface area (Å²) in [6.07, 6.45) is 6.62. The number of carbonyl (C=O) groups is 1. The van der Waals surface area contributed by atoms with Crippen LogP contribution in [0.2, 0.25) is 0 Å². The lowest BCUT2D eigenvalue weighted by atomic mass is 9.80. The third-order valence-corrected chi connectivity index (χ3v) is 10.9. The number of carbonyl (C=O) groups excluding carboxylic acids is 1. The normalized spacial score (nSPS) is 24.0. The molecule has 2 aromatic carbocycles. The molecule has 5 atom stereocenters. The molecule has 11 heteroatoms. The van der Waals surface area contributed by atoms with E-state index in [1.54, 1.807) is 30.3 Å². The Kier molecular flexibility index (Phi) is 15.6. The second kappa shape index (κ2) is 19.4. The molecular formula is C41H57FO9S. The highest BCUT2D eigenvalue weighted by Gasteiger charge is 2.63. The van der Waals surface area contributed by atoms with E-state index in [0.717, 1.165) is 68.8 Å². The van der Waals surface area contributed by atoms with Gasteiger partial charge in [-0.1, -0.05) is 77.5 Å². The molecule has 0 aromatic heterocycles. The van der Waals surface area contributed by atoms with E-state index < -0.39 is 52.5 Å². The Balaban J connectivity index is 1.82. The van der Waals surface area contributed by atoms with Crippen molar-refractivity contribution in [1.82, 2.24) is 0 Å². The molecule has 52 heavy (non-hydrogen) atoms. The average Bonchev–Trinajstić information content (AvgIpc) is 3.36. The molecule has 0 radical (unpaired) electrons. The predicted molar refractivity (Wildman–Crippen MR) is 201 cm³/mol. The first-order valence-electron chi connectivity index (χ1n) is 18.8. The highest BCUT2D eigenvalue weighted by Crippen LogP contribution is 2.46. The standard InChI is InChI=1S/C41H57FO9S/c1-7-10-13-22-47-38-36(27-43)50-40(39(48-23-14-11-8-2)41(38,29(5)44)49-24-15-12-9-3)51-37-28(4)34(33-21-18-31(42)26-35(33)37)25-30-16-19-32(20-17-30)52(6,45)46/h16-21,25-26,36,38-40,43H,7-15,22-24,27H2,1-6H3/t36-,38-,39+,40?,41+/m1/s1. The molecule has 1 N–H and O–H groups in total. The number of allylic oxidation sites excluding steroid dienone is 2. The van der Waals surface area contributed by atoms with Gasteiger partial charge >= 0.3 is 0 Å². The SMILES string of the molecule is CCCCCO[C@@H]1[C@@H](CO)OC(OC2=C(C)C(=Cc3ccc(S(C)(=O)=O)cc3)c3ccc(F)cc32)[C@H](OCCCCC)[C@]1(OCCCCC)C(C)=O. The van der Waals surface area contributed by atoms with Crippen LogP contribution in [0.25, 0.3) is 17.4 Å². The van der Waals surface area contributed by atoms with Gasteiger partial charge in [-0.3, -0.25) is 4.79 Å². The molecule has 1 unspecified atom stereocenters. The van der Waals surface area contributed by atoms with Crippen molar-refractivity contribution < 1.29 is 46.4 Å². The summed E-state index contributed by atoms with van der Waals surface area (Å²) in [4.78, 5) is 14.3. The lowest BCUT2D eigenvalue weighted by Crippen LogP contribution is -2.72. The largest absolute Gasteiger partial charge is 0.461 e. The van der Waals surface area contributed by atoms with E-state index in [4.69, 9.17) is 23.7 Å². The van der Waals surface area contributed by atoms with Crippen molar-refractivity contribution in [3.63, 3.8) is 0 Å². The summed E-state index contributed by atoms with van der Waals surface area (Å²) < 4.78 is 72.0. The van der Waals surface area contributed by atoms with Crippen molar-refractivity contribution >= 4 is 33.0 Å². The lowest BCUT2D eigenvalue weighted by Gasteiger charge is -2.52. The fourth-order valence-corrected chi connectivity index (χ4v) is 7.53. The number of aliphatic hydroxyl groups is 1. The van der Waals surface area contributed by atoms with E-state index in [1.807, 2.05) is 13.0 Å². The van der Waals surface area contributed by atoms with Crippen LogP contribution < -0.4 is 0 Å². The van der Waals surface area contributed by atoms with Crippen molar-refractivity contribution in [3.05, 3.63) is 70.5 Å². The monoisotopic (exact) mass is 744 g/mol. The zero-order valence-corrected chi connectivity index (χ0v) is 32.4. The van der Waals surface area contributed by atoms with Crippen LogP contribution in [-0.2, 0) is 38.3 Å². The van der Waals surface area contributed by atoms with E-state index in [2.05, 4.69) is 20.8 Å². The van der Waals surface area contributed by atoms with Gasteiger partial charge in [-0.25, -0.2) is 12.8 Å². The van der Waals surface area contributed by atoms with Crippen molar-refractivity contribution in [1.29, 1.82) is 0 Å². The first-order chi connectivity index (χ1) is 24.9. The number of sulfone groups is 1. The minimum atomic E-state index is -3.37. The van der Waals surface area contributed by atoms with Crippen LogP contribution in [0.5, 0.6) is 0 Å². The first kappa shape index (κ1) is 41.8. The molecule has 1 fully saturated rings. The molecule has 1 heterocycles. The molecule has 0 spiro atoms. The van der Waals surface area contributed by atoms with Crippen LogP contribution in [-0.4, -0.2) is 82.2 Å². The Labute approximate surface area is 309 Å². The minimum Gasteiger partial charge on any atom is -0.461 e. The summed E-state index contributed by atoms with van der Waals surface area (Å²) >= 11 is 0. The van der Waals surface area contributed by atoms with E-state index in [-0.39, 0.29) is 17.3 Å². The van der Waals surface area contributed by atoms with Gasteiger partial charge < -0.3 is 28.8 Å². The fraction of sp³-hybridized carbons (Fsp3) is 0.585. The van der Waals surface area contributed by atoms with Gasteiger partial charge in [0.1, 0.15) is 23.8 Å². The molecule has 2 aromatic rings. The molecule has 288 valence electrons. The molecule has 9 nitrogen and oxygen atoms in total. The number of hydrogen-bond acceptors (Lipinski definition) is 9. The summed E-state index contributed by atoms with van der Waals surface area (Å²) in [6, 6.07) is 11.0. The van der Waals surface area contributed by atoms with Crippen molar-refractivity contribution in [2.45, 2.75) is 128 Å². The third-order valence-electron chi connectivity index (χ3n) is 9.76. The topological polar surface area (TPSA) is 118 Å². The first-order valence-corrected chi connectivity index (χ1v) is 20.7. The summed E-state index contributed by atoms with van der Waals surface area (Å²) in [5.74, 6) is -0.445. The smallest absolute Gasteiger partial charge is 0.230 e. The van der Waals surface area contributed by atoms with Gasteiger partial charge in [0.05, 0.1) is 11.5 Å².